The normalized spacial score (nSPS) is 11.5. The van der Waals surface area contributed by atoms with E-state index in [-0.39, 0.29) is 49.9 Å². The van der Waals surface area contributed by atoms with Gasteiger partial charge >= 0.3 is 0 Å². The second-order valence-electron chi connectivity index (χ2n) is 10.8. The monoisotopic (exact) mass is 752 g/mol. The van der Waals surface area contributed by atoms with Crippen LogP contribution in [0.5, 0.6) is 34.5 Å². The van der Waals surface area contributed by atoms with Gasteiger partial charge in [0.15, 0.2) is 22.4 Å². The van der Waals surface area contributed by atoms with E-state index in [0.29, 0.717) is 51.8 Å². The van der Waals surface area contributed by atoms with Crippen LogP contribution in [0.4, 0.5) is 0 Å². The molecule has 0 bridgehead atoms. The lowest BCUT2D eigenvalue weighted by molar-refractivity contribution is 0.309. The Morgan fingerprint density at radius 2 is 1.51 bits per heavy atom. The second-order valence-corrected chi connectivity index (χ2v) is 14.1. The number of ether oxygens (including phenoxy) is 6. The van der Waals surface area contributed by atoms with Crippen LogP contribution in [0.3, 0.4) is 0 Å². The summed E-state index contributed by atoms with van der Waals surface area (Å²) in [6, 6.07) is 19.7. The van der Waals surface area contributed by atoms with Gasteiger partial charge in [-0.05, 0) is 42.8 Å². The topological polar surface area (TPSA) is 138 Å². The Balaban J connectivity index is 1.34. The van der Waals surface area contributed by atoms with Gasteiger partial charge in [0, 0.05) is 23.4 Å². The quantitative estimate of drug-likeness (QED) is 0.0815. The summed E-state index contributed by atoms with van der Waals surface area (Å²) in [4.78, 5) is 18.7. The van der Waals surface area contributed by atoms with Crippen LogP contribution in [0.2, 0.25) is 5.02 Å². The van der Waals surface area contributed by atoms with Crippen molar-refractivity contribution in [3.8, 4) is 45.8 Å². The largest absolute Gasteiger partial charge is 0.496 e. The number of rotatable bonds is 14. The van der Waals surface area contributed by atoms with Crippen molar-refractivity contribution in [3.05, 3.63) is 88.0 Å². The van der Waals surface area contributed by atoms with Crippen molar-refractivity contribution in [2.45, 2.75) is 16.5 Å². The summed E-state index contributed by atoms with van der Waals surface area (Å²) < 4.78 is 69.0. The maximum Gasteiger partial charge on any atom is 0.271 e. The minimum atomic E-state index is -4.09. The van der Waals surface area contributed by atoms with E-state index in [2.05, 4.69) is 4.98 Å². The Morgan fingerprint density at radius 3 is 2.18 bits per heavy atom. The number of nitrogens with zero attached hydrogens (tertiary/aromatic N) is 2. The summed E-state index contributed by atoms with van der Waals surface area (Å²) in [6.45, 7) is 0.0661. The van der Waals surface area contributed by atoms with E-state index in [1.807, 2.05) is 0 Å². The minimum absolute atomic E-state index is 0.0320. The van der Waals surface area contributed by atoms with E-state index in [1.54, 1.807) is 60.7 Å². The van der Waals surface area contributed by atoms with Gasteiger partial charge in [0.2, 0.25) is 16.9 Å². The highest BCUT2D eigenvalue weighted by molar-refractivity contribution is 8.00. The fourth-order valence-corrected chi connectivity index (χ4v) is 8.63. The summed E-state index contributed by atoms with van der Waals surface area (Å²) in [5.74, 6) is 2.14. The van der Waals surface area contributed by atoms with Gasteiger partial charge in [-0.25, -0.2) is 17.4 Å². The molecule has 51 heavy (non-hydrogen) atoms. The molecule has 0 aliphatic heterocycles. The average Bonchev–Trinajstić information content (AvgIpc) is 3.53. The Hall–Kier alpha value is -5.05. The number of para-hydroxylation sites is 2. The molecule has 0 aliphatic rings. The Morgan fingerprint density at radius 1 is 0.824 bits per heavy atom. The van der Waals surface area contributed by atoms with Crippen LogP contribution < -0.4 is 33.8 Å². The second kappa shape index (κ2) is 15.1. The van der Waals surface area contributed by atoms with Crippen LogP contribution in [0.25, 0.3) is 33.3 Å². The van der Waals surface area contributed by atoms with E-state index in [4.69, 9.17) is 44.4 Å². The zero-order valence-corrected chi connectivity index (χ0v) is 30.6. The molecule has 0 aliphatic carbocycles. The Bertz CT molecular complexity index is 2390. The third-order valence-electron chi connectivity index (χ3n) is 7.89. The molecule has 15 heteroatoms. The lowest BCUT2D eigenvalue weighted by Crippen LogP contribution is -2.15. The standard InChI is InChI=1S/C36H33ClN2O10S2/c1-43-22-19-26(44-2)31-27(20-22)49-33(21-17-28(45-3)34(47-5)29(18-21)46-4)35(32(31)40)48-15-10-16-50-36-38-24-12-7-8-13-25(24)39(36)51(41,42)30-14-9-6-11-23(30)37/h6-9,11-14,17-20H,10,15-16H2,1-5H3. The smallest absolute Gasteiger partial charge is 0.271 e. The molecule has 0 fully saturated rings. The number of imidazole rings is 1. The third kappa shape index (κ3) is 6.74. The molecule has 6 rings (SSSR count). The predicted octanol–water partition coefficient (Wildman–Crippen LogP) is 7.30. The van der Waals surface area contributed by atoms with Crippen LogP contribution in [0.15, 0.2) is 92.1 Å². The van der Waals surface area contributed by atoms with Gasteiger partial charge in [-0.3, -0.25) is 4.79 Å². The predicted molar refractivity (Wildman–Crippen MR) is 195 cm³/mol. The van der Waals surface area contributed by atoms with E-state index < -0.39 is 15.5 Å². The molecule has 266 valence electrons. The SMILES string of the molecule is COc1cc(OC)c2c(=O)c(OCCCSc3nc4ccccc4n3S(=O)(=O)c3ccccc3Cl)c(-c3cc(OC)c(OC)c(OC)c3)oc2c1. The molecule has 4 aromatic carbocycles. The maximum atomic E-state index is 14.1. The molecule has 2 heterocycles. The van der Waals surface area contributed by atoms with Crippen LogP contribution in [0, 0.1) is 0 Å². The van der Waals surface area contributed by atoms with Gasteiger partial charge < -0.3 is 32.8 Å². The molecule has 0 unspecified atom stereocenters. The average molecular weight is 753 g/mol. The number of hydrogen-bond acceptors (Lipinski definition) is 12. The fraction of sp³-hybridized carbons (Fsp3) is 0.222. The first-order valence-corrected chi connectivity index (χ1v) is 18.2. The van der Waals surface area contributed by atoms with Crippen LogP contribution in [-0.4, -0.2) is 65.3 Å². The first-order valence-electron chi connectivity index (χ1n) is 15.4. The molecule has 0 N–H and O–H groups in total. The number of thioether (sulfide) groups is 1. The lowest BCUT2D eigenvalue weighted by atomic mass is 10.1. The maximum absolute atomic E-state index is 14.1. The fourth-order valence-electron chi connectivity index (χ4n) is 5.51. The Labute approximate surface area is 302 Å². The van der Waals surface area contributed by atoms with Crippen molar-refractivity contribution in [2.24, 2.45) is 0 Å². The van der Waals surface area contributed by atoms with Gasteiger partial charge in [0.25, 0.3) is 10.0 Å². The van der Waals surface area contributed by atoms with E-state index in [9.17, 15) is 13.2 Å². The molecule has 0 saturated carbocycles. The summed E-state index contributed by atoms with van der Waals surface area (Å²) in [6.07, 6.45) is 0.395. The molecule has 0 saturated heterocycles. The molecular formula is C36H33ClN2O10S2. The third-order valence-corrected chi connectivity index (χ3v) is 11.2. The first kappa shape index (κ1) is 35.8. The highest BCUT2D eigenvalue weighted by atomic mass is 35.5. The highest BCUT2D eigenvalue weighted by Crippen LogP contribution is 2.44. The molecule has 0 radical (unpaired) electrons. The highest BCUT2D eigenvalue weighted by Gasteiger charge is 2.27. The van der Waals surface area contributed by atoms with Crippen molar-refractivity contribution >= 4 is 55.4 Å². The molecular weight excluding hydrogens is 720 g/mol. The van der Waals surface area contributed by atoms with Gasteiger partial charge in [-0.15, -0.1) is 0 Å². The lowest BCUT2D eigenvalue weighted by Gasteiger charge is -2.17. The van der Waals surface area contributed by atoms with Crippen LogP contribution >= 0.6 is 23.4 Å². The van der Waals surface area contributed by atoms with Crippen molar-refractivity contribution in [1.29, 1.82) is 0 Å². The van der Waals surface area contributed by atoms with Crippen molar-refractivity contribution in [2.75, 3.05) is 47.9 Å². The number of aromatic nitrogens is 2. The van der Waals surface area contributed by atoms with Gasteiger partial charge in [-0.2, -0.15) is 0 Å². The van der Waals surface area contributed by atoms with Gasteiger partial charge in [0.1, 0.15) is 27.4 Å². The zero-order chi connectivity index (χ0) is 36.3. The van der Waals surface area contributed by atoms with Crippen molar-refractivity contribution < 1.29 is 41.3 Å². The van der Waals surface area contributed by atoms with Crippen molar-refractivity contribution in [3.63, 3.8) is 0 Å². The molecule has 12 nitrogen and oxygen atoms in total. The summed E-state index contributed by atoms with van der Waals surface area (Å²) in [5, 5.41) is 0.530. The van der Waals surface area contributed by atoms with Gasteiger partial charge in [-0.1, -0.05) is 47.6 Å². The van der Waals surface area contributed by atoms with E-state index in [1.165, 1.54) is 63.4 Å². The Kier molecular flexibility index (Phi) is 10.6. The summed E-state index contributed by atoms with van der Waals surface area (Å²) in [5.41, 5.74) is 1.10. The van der Waals surface area contributed by atoms with Gasteiger partial charge in [0.05, 0.1) is 58.2 Å². The van der Waals surface area contributed by atoms with Crippen molar-refractivity contribution in [1.82, 2.24) is 8.96 Å². The molecule has 0 amide bonds. The number of hydrogen-bond donors (Lipinski definition) is 0. The summed E-state index contributed by atoms with van der Waals surface area (Å²) in [7, 11) is 3.30. The van der Waals surface area contributed by atoms with E-state index in [0.717, 1.165) is 0 Å². The minimum Gasteiger partial charge on any atom is -0.496 e. The van der Waals surface area contributed by atoms with E-state index >= 15 is 0 Å². The number of fused-ring (bicyclic) bond motifs is 2. The van der Waals surface area contributed by atoms with Crippen LogP contribution in [-0.2, 0) is 10.0 Å². The molecule has 6 aromatic rings. The molecule has 2 aromatic heterocycles. The molecule has 0 spiro atoms. The number of halogens is 1. The zero-order valence-electron chi connectivity index (χ0n) is 28.2. The number of benzene rings is 4. The first-order chi connectivity index (χ1) is 24.7. The number of methoxy groups -OCH3 is 5. The van der Waals surface area contributed by atoms with Crippen LogP contribution in [0.1, 0.15) is 6.42 Å². The molecule has 0 atom stereocenters. The summed E-state index contributed by atoms with van der Waals surface area (Å²) >= 11 is 7.55.